The number of hydrogen-bond donors (Lipinski definition) is 2. The first-order valence-electron chi connectivity index (χ1n) is 4.18. The first-order valence-corrected chi connectivity index (χ1v) is 4.18. The molecule has 1 unspecified atom stereocenters. The predicted octanol–water partition coefficient (Wildman–Crippen LogP) is 0.283. The molecule has 3 nitrogen and oxygen atoms in total. The Labute approximate surface area is 66.8 Å². The maximum atomic E-state index is 9.88. The minimum atomic E-state index is -0.0868. The molecule has 0 aromatic heterocycles. The number of hydrogen-bond acceptors (Lipinski definition) is 2. The van der Waals surface area contributed by atoms with Gasteiger partial charge < -0.3 is 10.4 Å². The van der Waals surface area contributed by atoms with E-state index in [0.29, 0.717) is 5.92 Å². The van der Waals surface area contributed by atoms with E-state index in [9.17, 15) is 4.79 Å². The second-order valence-corrected chi connectivity index (χ2v) is 3.19. The molecule has 0 spiro atoms. The van der Waals surface area contributed by atoms with Crippen molar-refractivity contribution >= 4 is 6.41 Å². The predicted molar refractivity (Wildman–Crippen MR) is 42.0 cm³/mol. The van der Waals surface area contributed by atoms with E-state index in [4.69, 9.17) is 5.11 Å². The van der Waals surface area contributed by atoms with Crippen molar-refractivity contribution in [3.63, 3.8) is 0 Å². The zero-order valence-electron chi connectivity index (χ0n) is 6.62. The summed E-state index contributed by atoms with van der Waals surface area (Å²) in [6, 6.07) is 0. The Balaban J connectivity index is 2.03. The highest BCUT2D eigenvalue weighted by Crippen LogP contribution is 2.27. The van der Waals surface area contributed by atoms with Crippen molar-refractivity contribution < 1.29 is 9.90 Å². The van der Waals surface area contributed by atoms with E-state index < -0.39 is 0 Å². The lowest BCUT2D eigenvalue weighted by Crippen LogP contribution is -2.15. The minimum absolute atomic E-state index is 0.0868. The van der Waals surface area contributed by atoms with Gasteiger partial charge in [-0.1, -0.05) is 0 Å². The van der Waals surface area contributed by atoms with Crippen LogP contribution in [-0.2, 0) is 4.79 Å². The van der Waals surface area contributed by atoms with Gasteiger partial charge in [-0.2, -0.15) is 0 Å². The molecular weight excluding hydrogens is 142 g/mol. The van der Waals surface area contributed by atoms with E-state index in [2.05, 4.69) is 5.32 Å². The fraction of sp³-hybridized carbons (Fsp3) is 0.875. The maximum absolute atomic E-state index is 9.88. The number of carbonyl (C=O) groups is 1. The zero-order chi connectivity index (χ0) is 8.10. The van der Waals surface area contributed by atoms with Gasteiger partial charge in [-0.05, 0) is 31.6 Å². The van der Waals surface area contributed by atoms with Crippen LogP contribution in [0, 0.1) is 5.92 Å². The van der Waals surface area contributed by atoms with E-state index in [1.807, 2.05) is 0 Å². The molecule has 0 bridgehead atoms. The Morgan fingerprint density at radius 2 is 2.36 bits per heavy atom. The molecule has 0 aromatic carbocycles. The summed E-state index contributed by atoms with van der Waals surface area (Å²) in [7, 11) is 0. The highest BCUT2D eigenvalue weighted by Gasteiger charge is 2.21. The van der Waals surface area contributed by atoms with Crippen molar-refractivity contribution in [1.82, 2.24) is 5.32 Å². The summed E-state index contributed by atoms with van der Waals surface area (Å²) < 4.78 is 0. The molecule has 1 rings (SSSR count). The van der Waals surface area contributed by atoms with E-state index in [0.717, 1.165) is 38.6 Å². The summed E-state index contributed by atoms with van der Waals surface area (Å²) >= 11 is 0. The van der Waals surface area contributed by atoms with Gasteiger partial charge in [0.2, 0.25) is 6.41 Å². The minimum Gasteiger partial charge on any atom is -0.393 e. The van der Waals surface area contributed by atoms with Gasteiger partial charge in [0.15, 0.2) is 0 Å². The third-order valence-corrected chi connectivity index (χ3v) is 2.29. The van der Waals surface area contributed by atoms with E-state index in [1.165, 1.54) is 0 Å². The lowest BCUT2D eigenvalue weighted by atomic mass is 10.0. The van der Waals surface area contributed by atoms with Crippen molar-refractivity contribution in [2.75, 3.05) is 6.54 Å². The maximum Gasteiger partial charge on any atom is 0.207 e. The number of aliphatic hydroxyl groups excluding tert-OH is 1. The van der Waals surface area contributed by atoms with Crippen LogP contribution in [0.1, 0.15) is 25.7 Å². The van der Waals surface area contributed by atoms with E-state index in [1.54, 1.807) is 0 Å². The zero-order valence-corrected chi connectivity index (χ0v) is 6.62. The van der Waals surface area contributed by atoms with Crippen LogP contribution < -0.4 is 5.32 Å². The fourth-order valence-corrected chi connectivity index (χ4v) is 1.66. The molecule has 0 saturated heterocycles. The van der Waals surface area contributed by atoms with Gasteiger partial charge in [0.05, 0.1) is 6.10 Å². The molecule has 2 N–H and O–H groups in total. The van der Waals surface area contributed by atoms with Crippen LogP contribution in [0.2, 0.25) is 0 Å². The molecule has 0 aliphatic heterocycles. The van der Waals surface area contributed by atoms with Crippen molar-refractivity contribution in [1.29, 1.82) is 0 Å². The summed E-state index contributed by atoms with van der Waals surface area (Å²) in [4.78, 5) is 9.88. The van der Waals surface area contributed by atoms with Crippen LogP contribution in [-0.4, -0.2) is 24.2 Å². The Morgan fingerprint density at radius 3 is 2.91 bits per heavy atom. The summed E-state index contributed by atoms with van der Waals surface area (Å²) in [5, 5.41) is 11.8. The number of aliphatic hydroxyl groups is 1. The number of carbonyl (C=O) groups excluding carboxylic acids is 1. The Morgan fingerprint density at radius 1 is 1.55 bits per heavy atom. The average molecular weight is 157 g/mol. The molecule has 3 heteroatoms. The van der Waals surface area contributed by atoms with Crippen LogP contribution in [0.25, 0.3) is 0 Å². The average Bonchev–Trinajstić information content (AvgIpc) is 2.37. The molecular formula is C8H15NO2. The monoisotopic (exact) mass is 157 g/mol. The summed E-state index contributed by atoms with van der Waals surface area (Å²) in [5.74, 6) is 0.623. The molecule has 1 fully saturated rings. The van der Waals surface area contributed by atoms with Gasteiger partial charge in [-0.3, -0.25) is 4.79 Å². The Kier molecular flexibility index (Phi) is 3.36. The molecule has 1 amide bonds. The molecule has 1 aliphatic rings. The highest BCUT2D eigenvalue weighted by molar-refractivity contribution is 5.45. The van der Waals surface area contributed by atoms with Gasteiger partial charge in [0.25, 0.3) is 0 Å². The van der Waals surface area contributed by atoms with Crippen molar-refractivity contribution in [2.24, 2.45) is 5.92 Å². The molecule has 1 saturated carbocycles. The van der Waals surface area contributed by atoms with E-state index in [-0.39, 0.29) is 6.10 Å². The summed E-state index contributed by atoms with van der Waals surface area (Å²) in [6.07, 6.45) is 4.62. The Hall–Kier alpha value is -0.570. The molecule has 1 aliphatic carbocycles. The topological polar surface area (TPSA) is 49.3 Å². The highest BCUT2D eigenvalue weighted by atomic mass is 16.3. The smallest absolute Gasteiger partial charge is 0.207 e. The molecule has 0 heterocycles. The quantitative estimate of drug-likeness (QED) is 0.455. The largest absolute Gasteiger partial charge is 0.393 e. The van der Waals surface area contributed by atoms with Crippen LogP contribution in [0.3, 0.4) is 0 Å². The molecule has 64 valence electrons. The van der Waals surface area contributed by atoms with Crippen LogP contribution in [0.5, 0.6) is 0 Å². The van der Waals surface area contributed by atoms with Gasteiger partial charge in [-0.15, -0.1) is 0 Å². The molecule has 0 aromatic rings. The van der Waals surface area contributed by atoms with Crippen molar-refractivity contribution in [3.8, 4) is 0 Å². The van der Waals surface area contributed by atoms with Crippen molar-refractivity contribution in [3.05, 3.63) is 0 Å². The summed E-state index contributed by atoms with van der Waals surface area (Å²) in [5.41, 5.74) is 0. The number of rotatable bonds is 4. The normalized spacial score (nSPS) is 30.3. The third kappa shape index (κ3) is 2.89. The molecule has 11 heavy (non-hydrogen) atoms. The second kappa shape index (κ2) is 4.34. The van der Waals surface area contributed by atoms with Gasteiger partial charge in [0, 0.05) is 6.54 Å². The summed E-state index contributed by atoms with van der Waals surface area (Å²) in [6.45, 7) is 0.751. The van der Waals surface area contributed by atoms with Gasteiger partial charge >= 0.3 is 0 Å². The van der Waals surface area contributed by atoms with Crippen LogP contribution in [0.15, 0.2) is 0 Å². The first kappa shape index (κ1) is 8.53. The second-order valence-electron chi connectivity index (χ2n) is 3.19. The third-order valence-electron chi connectivity index (χ3n) is 2.29. The standard InChI is InChI=1S/C8H15NO2/c10-6-9-4-3-7-1-2-8(11)5-7/h6-8,11H,1-5H2,(H,9,10)/t7?,8-/m1/s1. The van der Waals surface area contributed by atoms with Gasteiger partial charge in [0.1, 0.15) is 0 Å². The fourth-order valence-electron chi connectivity index (χ4n) is 1.66. The lowest BCUT2D eigenvalue weighted by molar-refractivity contribution is -0.109. The molecule has 2 atom stereocenters. The molecule has 0 radical (unpaired) electrons. The van der Waals surface area contributed by atoms with Crippen molar-refractivity contribution in [2.45, 2.75) is 31.8 Å². The first-order chi connectivity index (χ1) is 5.33. The number of amides is 1. The van der Waals surface area contributed by atoms with Crippen LogP contribution >= 0.6 is 0 Å². The number of nitrogens with one attached hydrogen (secondary N) is 1. The van der Waals surface area contributed by atoms with Crippen LogP contribution in [0.4, 0.5) is 0 Å². The lowest BCUT2D eigenvalue weighted by Gasteiger charge is -2.06. The Bertz CT molecular complexity index is 127. The SMILES string of the molecule is O=CNCCC1CC[C@@H](O)C1. The van der Waals surface area contributed by atoms with Gasteiger partial charge in [-0.25, -0.2) is 0 Å². The van der Waals surface area contributed by atoms with E-state index >= 15 is 0 Å².